The van der Waals surface area contributed by atoms with Crippen molar-refractivity contribution in [2.45, 2.75) is 0 Å². The van der Waals surface area contributed by atoms with Gasteiger partial charge in [0.05, 0.1) is 25.0 Å². The van der Waals surface area contributed by atoms with Crippen molar-refractivity contribution in [3.8, 4) is 11.5 Å². The van der Waals surface area contributed by atoms with E-state index in [1.165, 1.54) is 12.4 Å². The lowest BCUT2D eigenvalue weighted by Crippen LogP contribution is -2.23. The first kappa shape index (κ1) is 28.4. The number of nitrogens with zero attached hydrogens (tertiary/aromatic N) is 2. The summed E-state index contributed by atoms with van der Waals surface area (Å²) in [5.41, 5.74) is 0. The van der Waals surface area contributed by atoms with Crippen LogP contribution in [0.1, 0.15) is 0 Å². The van der Waals surface area contributed by atoms with Gasteiger partial charge in [-0.2, -0.15) is 4.73 Å². The van der Waals surface area contributed by atoms with E-state index in [1.54, 1.807) is 26.5 Å². The molecule has 2 heterocycles. The van der Waals surface area contributed by atoms with Crippen LogP contribution < -0.4 is 14.2 Å². The third-order valence-electron chi connectivity index (χ3n) is 3.90. The van der Waals surface area contributed by atoms with Crippen LogP contribution in [-0.2, 0) is 4.57 Å². The van der Waals surface area contributed by atoms with Crippen molar-refractivity contribution in [3.05, 3.63) is 77.5 Å². The van der Waals surface area contributed by atoms with Gasteiger partial charge >= 0.3 is 5.20 Å². The van der Waals surface area contributed by atoms with Gasteiger partial charge in [0.1, 0.15) is 16.7 Å². The predicted octanol–water partition coefficient (Wildman–Crippen LogP) is 7.61. The summed E-state index contributed by atoms with van der Waals surface area (Å²) >= 11 is 19.8. The van der Waals surface area contributed by atoms with Gasteiger partial charge in [0.2, 0.25) is 0 Å². The number of ether oxygens (including phenoxy) is 2. The molecule has 4 rings (SSSR count). The highest BCUT2D eigenvalue weighted by atomic mass is 36.0. The highest BCUT2D eigenvalue weighted by molar-refractivity contribution is 8.24. The van der Waals surface area contributed by atoms with E-state index in [4.69, 9.17) is 21.1 Å². The van der Waals surface area contributed by atoms with Crippen LogP contribution in [0.2, 0.25) is 5.15 Å². The van der Waals surface area contributed by atoms with E-state index < -0.39 is 5.20 Å². The third kappa shape index (κ3) is 8.70. The van der Waals surface area contributed by atoms with Gasteiger partial charge in [-0.25, -0.2) is 4.98 Å². The Kier molecular flexibility index (Phi) is 11.7. The molecule has 6 nitrogen and oxygen atoms in total. The normalized spacial score (nSPS) is 10.2. The summed E-state index contributed by atoms with van der Waals surface area (Å²) in [6, 6.07) is 15.1. The monoisotopic (exact) mass is 556 g/mol. The maximum Gasteiger partial charge on any atom is 0.339 e. The molecule has 0 radical (unpaired) electrons. The summed E-state index contributed by atoms with van der Waals surface area (Å²) in [7, 11) is 3.22. The topological polar surface area (TPSA) is 75.4 Å². The lowest BCUT2D eigenvalue weighted by atomic mass is 10.1. The van der Waals surface area contributed by atoms with Crippen LogP contribution in [0, 0.1) is 5.21 Å². The van der Waals surface area contributed by atoms with Crippen molar-refractivity contribution in [2.24, 2.45) is 0 Å². The van der Waals surface area contributed by atoms with E-state index in [0.29, 0.717) is 5.15 Å². The Bertz CT molecular complexity index is 1210. The largest absolute Gasteiger partial charge is 0.619 e. The maximum atomic E-state index is 11.0. The number of hydrogen-bond acceptors (Lipinski definition) is 5. The van der Waals surface area contributed by atoms with Gasteiger partial charge in [-0.1, -0.05) is 35.9 Å². The molecule has 0 amide bonds. The van der Waals surface area contributed by atoms with Crippen molar-refractivity contribution >= 4 is 84.5 Å². The minimum atomic E-state index is -3.22. The number of benzene rings is 2. The number of rotatable bonds is 2. The first-order chi connectivity index (χ1) is 14.6. The molecule has 0 unspecified atom stereocenters. The van der Waals surface area contributed by atoms with Gasteiger partial charge in [0.15, 0.2) is 12.4 Å². The zero-order chi connectivity index (χ0) is 23.0. The molecule has 0 bridgehead atoms. The molecule has 0 saturated carbocycles. The highest BCUT2D eigenvalue weighted by Gasteiger charge is 2.05. The van der Waals surface area contributed by atoms with E-state index in [1.807, 2.05) is 42.5 Å². The number of hydrogen-bond donors (Lipinski definition) is 0. The molecule has 0 atom stereocenters. The Labute approximate surface area is 210 Å². The standard InChI is InChI=1S/C10H8ClNO.C10H9NO2.Cl3OP.ClH/c1-13-8-4-2-3-7-5-6-12-10(11)9(7)8;1-13-10-4-2-3-8-5-6-11(12)7-9(8)10;1-5(2,3)4;/h2-6H,1H3;2-7H,1H3;;1H. The summed E-state index contributed by atoms with van der Waals surface area (Å²) in [5, 5.41) is 12.0. The van der Waals surface area contributed by atoms with Crippen LogP contribution in [0.4, 0.5) is 0 Å². The van der Waals surface area contributed by atoms with Gasteiger partial charge < -0.3 is 14.7 Å². The average Bonchev–Trinajstić information content (AvgIpc) is 2.72. The summed E-state index contributed by atoms with van der Waals surface area (Å²) in [6.07, 6.45) is 4.67. The van der Waals surface area contributed by atoms with E-state index in [0.717, 1.165) is 37.8 Å². The smallest absolute Gasteiger partial charge is 0.339 e. The van der Waals surface area contributed by atoms with E-state index >= 15 is 0 Å². The van der Waals surface area contributed by atoms with Crippen LogP contribution >= 0.6 is 62.9 Å². The second-order valence-corrected chi connectivity index (χ2v) is 12.8. The van der Waals surface area contributed by atoms with Crippen LogP contribution in [0.5, 0.6) is 11.5 Å². The Balaban J connectivity index is 0.000000259. The number of aromatic nitrogens is 2. The van der Waals surface area contributed by atoms with Crippen molar-refractivity contribution in [1.29, 1.82) is 0 Å². The summed E-state index contributed by atoms with van der Waals surface area (Å²) in [5.74, 6) is 1.48. The predicted molar refractivity (Wildman–Crippen MR) is 135 cm³/mol. The first-order valence-corrected chi connectivity index (χ1v) is 13.4. The number of halogens is 5. The number of methoxy groups -OCH3 is 2. The van der Waals surface area contributed by atoms with E-state index in [9.17, 15) is 9.77 Å². The fourth-order valence-electron chi connectivity index (χ4n) is 2.67. The SMILES string of the molecule is COc1cccc2cc[n+]([O-])cc12.COc1cccc2ccnc(Cl)c12.Cl.O=P(Cl)(Cl)Cl. The fraction of sp³-hybridized carbons (Fsp3) is 0.100. The van der Waals surface area contributed by atoms with Gasteiger partial charge in [-0.15, -0.1) is 12.4 Å². The molecule has 32 heavy (non-hydrogen) atoms. The molecular weight excluding hydrogens is 540 g/mol. The van der Waals surface area contributed by atoms with E-state index in [-0.39, 0.29) is 12.4 Å². The molecule has 0 fully saturated rings. The molecule has 0 aliphatic rings. The van der Waals surface area contributed by atoms with Gasteiger partial charge in [0, 0.05) is 12.3 Å². The Morgan fingerprint density at radius 1 is 0.938 bits per heavy atom. The molecule has 0 N–H and O–H groups in total. The molecule has 0 aliphatic carbocycles. The van der Waals surface area contributed by atoms with Crippen molar-refractivity contribution in [1.82, 2.24) is 4.98 Å². The van der Waals surface area contributed by atoms with Crippen LogP contribution in [-0.4, -0.2) is 19.2 Å². The van der Waals surface area contributed by atoms with E-state index in [2.05, 4.69) is 38.7 Å². The lowest BCUT2D eigenvalue weighted by molar-refractivity contribution is -0.603. The zero-order valence-corrected chi connectivity index (χ0v) is 21.5. The Morgan fingerprint density at radius 2 is 1.50 bits per heavy atom. The average molecular weight is 559 g/mol. The first-order valence-electron chi connectivity index (χ1n) is 8.55. The lowest BCUT2D eigenvalue weighted by Gasteiger charge is -2.05. The summed E-state index contributed by atoms with van der Waals surface area (Å²) in [4.78, 5) is 4.00. The second-order valence-electron chi connectivity index (χ2n) is 5.83. The molecule has 0 aliphatic heterocycles. The molecule has 2 aromatic carbocycles. The fourth-order valence-corrected chi connectivity index (χ4v) is 2.93. The number of pyridine rings is 2. The minimum absolute atomic E-state index is 0. The second kappa shape index (κ2) is 13.1. The van der Waals surface area contributed by atoms with Crippen molar-refractivity contribution < 1.29 is 18.8 Å². The maximum absolute atomic E-state index is 11.0. The minimum Gasteiger partial charge on any atom is -0.619 e. The van der Waals surface area contributed by atoms with Gasteiger partial charge in [-0.05, 0) is 62.7 Å². The molecule has 2 aromatic heterocycles. The summed E-state index contributed by atoms with van der Waals surface area (Å²) in [6.45, 7) is 0. The zero-order valence-electron chi connectivity index (χ0n) is 16.7. The van der Waals surface area contributed by atoms with Gasteiger partial charge in [-0.3, -0.25) is 4.57 Å². The van der Waals surface area contributed by atoms with Crippen LogP contribution in [0.25, 0.3) is 21.5 Å². The van der Waals surface area contributed by atoms with Gasteiger partial charge in [0.25, 0.3) is 0 Å². The third-order valence-corrected chi connectivity index (χ3v) is 4.19. The molecule has 4 aromatic rings. The van der Waals surface area contributed by atoms with Crippen molar-refractivity contribution in [3.63, 3.8) is 0 Å². The summed E-state index contributed by atoms with van der Waals surface area (Å²) < 4.78 is 20.6. The quantitative estimate of drug-likeness (QED) is 0.110. The van der Waals surface area contributed by atoms with Crippen LogP contribution in [0.15, 0.2) is 67.1 Å². The Morgan fingerprint density at radius 3 is 2.09 bits per heavy atom. The number of fused-ring (bicyclic) bond motifs is 2. The molecule has 0 saturated heterocycles. The molecule has 172 valence electrons. The Hall–Kier alpha value is -1.66. The molecule has 12 heteroatoms. The highest BCUT2D eigenvalue weighted by Crippen LogP contribution is 2.61. The van der Waals surface area contributed by atoms with Crippen LogP contribution in [0.3, 0.4) is 0 Å². The van der Waals surface area contributed by atoms with Crippen molar-refractivity contribution in [2.75, 3.05) is 14.2 Å². The molecular formula is C20H18Cl5N2O4P. The molecule has 0 spiro atoms.